The number of anilines is 1. The summed E-state index contributed by atoms with van der Waals surface area (Å²) in [7, 11) is 1.58. The minimum absolute atomic E-state index is 0.125. The van der Waals surface area contributed by atoms with E-state index in [9.17, 15) is 4.79 Å². The van der Waals surface area contributed by atoms with Gasteiger partial charge in [-0.15, -0.1) is 0 Å². The molecular formula is C15H14BrNO4. The maximum Gasteiger partial charge on any atom is 0.335 e. The summed E-state index contributed by atoms with van der Waals surface area (Å²) in [5, 5.41) is 8.98. The van der Waals surface area contributed by atoms with Crippen LogP contribution in [0.2, 0.25) is 0 Å². The van der Waals surface area contributed by atoms with Gasteiger partial charge in [0.25, 0.3) is 0 Å². The fraction of sp³-hybridized carbons (Fsp3) is 0.133. The number of nitrogens with two attached hydrogens (primary N) is 1. The molecule has 21 heavy (non-hydrogen) atoms. The van der Waals surface area contributed by atoms with Gasteiger partial charge in [0, 0.05) is 10.0 Å². The quantitative estimate of drug-likeness (QED) is 0.807. The summed E-state index contributed by atoms with van der Waals surface area (Å²) in [6, 6.07) is 9.90. The van der Waals surface area contributed by atoms with E-state index in [-0.39, 0.29) is 12.2 Å². The summed E-state index contributed by atoms with van der Waals surface area (Å²) in [4.78, 5) is 11.0. The maximum absolute atomic E-state index is 11.0. The lowest BCUT2D eigenvalue weighted by molar-refractivity contribution is 0.0696. The van der Waals surface area contributed by atoms with Crippen LogP contribution in [-0.2, 0) is 6.61 Å². The van der Waals surface area contributed by atoms with Crippen LogP contribution in [0, 0.1) is 0 Å². The van der Waals surface area contributed by atoms with Crippen molar-refractivity contribution in [1.82, 2.24) is 0 Å². The molecule has 0 aliphatic heterocycles. The summed E-state index contributed by atoms with van der Waals surface area (Å²) in [6.07, 6.45) is 0. The average molecular weight is 352 g/mol. The van der Waals surface area contributed by atoms with Crippen molar-refractivity contribution in [2.75, 3.05) is 12.8 Å². The second kappa shape index (κ2) is 6.49. The van der Waals surface area contributed by atoms with Crippen LogP contribution < -0.4 is 15.2 Å². The number of methoxy groups -OCH3 is 1. The lowest BCUT2D eigenvalue weighted by Crippen LogP contribution is -2.03. The van der Waals surface area contributed by atoms with Gasteiger partial charge in [-0.3, -0.25) is 0 Å². The highest BCUT2D eigenvalue weighted by atomic mass is 79.9. The van der Waals surface area contributed by atoms with Gasteiger partial charge in [-0.05, 0) is 36.4 Å². The number of nitrogen functional groups attached to an aromatic ring is 1. The number of hydrogen-bond donors (Lipinski definition) is 2. The van der Waals surface area contributed by atoms with Crippen molar-refractivity contribution in [1.29, 1.82) is 0 Å². The first-order valence-electron chi connectivity index (χ1n) is 6.09. The van der Waals surface area contributed by atoms with E-state index in [1.165, 1.54) is 18.2 Å². The third-order valence-corrected chi connectivity index (χ3v) is 3.38. The highest BCUT2D eigenvalue weighted by Crippen LogP contribution is 2.27. The summed E-state index contributed by atoms with van der Waals surface area (Å²) in [5.74, 6) is -0.0111. The van der Waals surface area contributed by atoms with E-state index in [0.29, 0.717) is 17.2 Å². The van der Waals surface area contributed by atoms with Crippen LogP contribution in [0.5, 0.6) is 11.5 Å². The summed E-state index contributed by atoms with van der Waals surface area (Å²) in [6.45, 7) is 0.218. The van der Waals surface area contributed by atoms with Gasteiger partial charge in [-0.2, -0.15) is 0 Å². The van der Waals surface area contributed by atoms with Crippen molar-refractivity contribution < 1.29 is 19.4 Å². The molecule has 0 heterocycles. The van der Waals surface area contributed by atoms with Gasteiger partial charge in [0.1, 0.15) is 18.1 Å². The number of hydrogen-bond acceptors (Lipinski definition) is 4. The zero-order chi connectivity index (χ0) is 15.4. The minimum Gasteiger partial charge on any atom is -0.496 e. The molecule has 0 amide bonds. The van der Waals surface area contributed by atoms with Crippen LogP contribution in [0.15, 0.2) is 40.9 Å². The zero-order valence-corrected chi connectivity index (χ0v) is 12.9. The zero-order valence-electron chi connectivity index (χ0n) is 11.3. The minimum atomic E-state index is -1.03. The summed E-state index contributed by atoms with van der Waals surface area (Å²) < 4.78 is 11.8. The third kappa shape index (κ3) is 3.66. The number of carboxylic acids is 1. The Kier molecular flexibility index (Phi) is 4.70. The molecule has 2 aromatic rings. The standard InChI is InChI=1S/C15H14BrNO4/c1-20-13-5-3-11(16)6-10(13)8-21-14-7-9(15(18)19)2-4-12(14)17/h2-7H,8,17H2,1H3,(H,18,19). The predicted molar refractivity (Wildman–Crippen MR) is 82.8 cm³/mol. The normalized spacial score (nSPS) is 10.2. The van der Waals surface area contributed by atoms with Gasteiger partial charge in [0.2, 0.25) is 0 Å². The second-order valence-corrected chi connectivity index (χ2v) is 5.22. The van der Waals surface area contributed by atoms with Crippen LogP contribution in [0.3, 0.4) is 0 Å². The molecular weight excluding hydrogens is 338 g/mol. The first kappa shape index (κ1) is 15.2. The molecule has 110 valence electrons. The highest BCUT2D eigenvalue weighted by Gasteiger charge is 2.10. The molecule has 0 atom stereocenters. The Bertz CT molecular complexity index is 673. The molecule has 0 aromatic heterocycles. The number of rotatable bonds is 5. The first-order chi connectivity index (χ1) is 10.0. The Balaban J connectivity index is 2.22. The van der Waals surface area contributed by atoms with Crippen molar-refractivity contribution in [2.45, 2.75) is 6.61 Å². The van der Waals surface area contributed by atoms with Gasteiger partial charge < -0.3 is 20.3 Å². The number of ether oxygens (including phenoxy) is 2. The molecule has 3 N–H and O–H groups in total. The van der Waals surface area contributed by atoms with Crippen LogP contribution in [0.4, 0.5) is 5.69 Å². The van der Waals surface area contributed by atoms with Gasteiger partial charge in [-0.1, -0.05) is 15.9 Å². The highest BCUT2D eigenvalue weighted by molar-refractivity contribution is 9.10. The topological polar surface area (TPSA) is 81.8 Å². The fourth-order valence-electron chi connectivity index (χ4n) is 1.81. The lowest BCUT2D eigenvalue weighted by Gasteiger charge is -2.12. The largest absolute Gasteiger partial charge is 0.496 e. The van der Waals surface area contributed by atoms with Gasteiger partial charge in [0.05, 0.1) is 18.4 Å². The summed E-state index contributed by atoms with van der Waals surface area (Å²) >= 11 is 3.38. The Morgan fingerprint density at radius 3 is 2.67 bits per heavy atom. The first-order valence-corrected chi connectivity index (χ1v) is 6.88. The molecule has 0 spiro atoms. The van der Waals surface area contributed by atoms with Gasteiger partial charge >= 0.3 is 5.97 Å². The summed E-state index contributed by atoms with van der Waals surface area (Å²) in [5.41, 5.74) is 7.13. The van der Waals surface area contributed by atoms with E-state index in [2.05, 4.69) is 15.9 Å². The Labute approximate surface area is 130 Å². The smallest absolute Gasteiger partial charge is 0.335 e. The molecule has 0 unspecified atom stereocenters. The second-order valence-electron chi connectivity index (χ2n) is 4.30. The van der Waals surface area contributed by atoms with Crippen molar-refractivity contribution >= 4 is 27.6 Å². The Morgan fingerprint density at radius 2 is 2.00 bits per heavy atom. The molecule has 0 bridgehead atoms. The Morgan fingerprint density at radius 1 is 1.24 bits per heavy atom. The van der Waals surface area contributed by atoms with Crippen LogP contribution >= 0.6 is 15.9 Å². The van der Waals surface area contributed by atoms with Crippen LogP contribution in [-0.4, -0.2) is 18.2 Å². The van der Waals surface area contributed by atoms with E-state index >= 15 is 0 Å². The van der Waals surface area contributed by atoms with Crippen LogP contribution in [0.1, 0.15) is 15.9 Å². The van der Waals surface area contributed by atoms with E-state index in [1.807, 2.05) is 18.2 Å². The average Bonchev–Trinajstić information content (AvgIpc) is 2.46. The monoisotopic (exact) mass is 351 g/mol. The van der Waals surface area contributed by atoms with E-state index in [0.717, 1.165) is 10.0 Å². The number of aromatic carboxylic acids is 1. The fourth-order valence-corrected chi connectivity index (χ4v) is 2.22. The number of carboxylic acid groups (broad SMARTS) is 1. The SMILES string of the molecule is COc1ccc(Br)cc1COc1cc(C(=O)O)ccc1N. The molecule has 6 heteroatoms. The molecule has 5 nitrogen and oxygen atoms in total. The molecule has 2 aromatic carbocycles. The van der Waals surface area contributed by atoms with Crippen molar-refractivity contribution in [2.24, 2.45) is 0 Å². The van der Waals surface area contributed by atoms with E-state index < -0.39 is 5.97 Å². The lowest BCUT2D eigenvalue weighted by atomic mass is 10.2. The molecule has 0 saturated carbocycles. The predicted octanol–water partition coefficient (Wildman–Crippen LogP) is 3.32. The Hall–Kier alpha value is -2.21. The van der Waals surface area contributed by atoms with E-state index in [1.54, 1.807) is 7.11 Å². The molecule has 0 aliphatic carbocycles. The maximum atomic E-state index is 11.0. The molecule has 0 aliphatic rings. The van der Waals surface area contributed by atoms with Crippen molar-refractivity contribution in [3.63, 3.8) is 0 Å². The number of benzene rings is 2. The molecule has 0 fully saturated rings. The molecule has 2 rings (SSSR count). The molecule has 0 radical (unpaired) electrons. The van der Waals surface area contributed by atoms with Crippen molar-refractivity contribution in [3.05, 3.63) is 52.0 Å². The number of halogens is 1. The third-order valence-electron chi connectivity index (χ3n) is 2.89. The van der Waals surface area contributed by atoms with E-state index in [4.69, 9.17) is 20.3 Å². The van der Waals surface area contributed by atoms with Crippen LogP contribution in [0.25, 0.3) is 0 Å². The van der Waals surface area contributed by atoms with Gasteiger partial charge in [-0.25, -0.2) is 4.79 Å². The van der Waals surface area contributed by atoms with Gasteiger partial charge in [0.15, 0.2) is 0 Å². The molecule has 0 saturated heterocycles. The van der Waals surface area contributed by atoms with Crippen molar-refractivity contribution in [3.8, 4) is 11.5 Å². The number of carbonyl (C=O) groups is 1.